The molecule has 0 aliphatic carbocycles. The molecule has 0 aliphatic rings. The molecule has 1 atom stereocenters. The summed E-state index contributed by atoms with van der Waals surface area (Å²) in [6, 6.07) is 0. The first-order valence-electron chi connectivity index (χ1n) is 4.37. The zero-order chi connectivity index (χ0) is 9.56. The molecule has 3 heteroatoms. The first kappa shape index (κ1) is 11.4. The molecule has 72 valence electrons. The molecule has 0 heterocycles. The van der Waals surface area contributed by atoms with Crippen LogP contribution in [-0.4, -0.2) is 24.8 Å². The van der Waals surface area contributed by atoms with E-state index in [9.17, 15) is 4.79 Å². The van der Waals surface area contributed by atoms with Gasteiger partial charge in [0, 0.05) is 6.42 Å². The Bertz CT molecular complexity index is 132. The van der Waals surface area contributed by atoms with Crippen LogP contribution in [0.4, 0.5) is 0 Å². The van der Waals surface area contributed by atoms with Gasteiger partial charge in [-0.2, -0.15) is 0 Å². The average Bonchev–Trinajstić information content (AvgIpc) is 1.99. The number of ether oxygens (including phenoxy) is 2. The molecule has 0 rings (SSSR count). The maximum Gasteiger partial charge on any atom is 0.305 e. The topological polar surface area (TPSA) is 35.5 Å². The van der Waals surface area contributed by atoms with Crippen molar-refractivity contribution in [2.75, 3.05) is 6.61 Å². The van der Waals surface area contributed by atoms with E-state index in [1.54, 1.807) is 6.92 Å². The Kier molecular flexibility index (Phi) is 5.72. The van der Waals surface area contributed by atoms with Gasteiger partial charge in [0.15, 0.2) is 0 Å². The Morgan fingerprint density at radius 3 is 2.33 bits per heavy atom. The first-order chi connectivity index (χ1) is 5.56. The summed E-state index contributed by atoms with van der Waals surface area (Å²) in [4.78, 5) is 10.7. The Morgan fingerprint density at radius 1 is 1.33 bits per heavy atom. The van der Waals surface area contributed by atoms with Gasteiger partial charge in [-0.05, 0) is 20.8 Å². The molecule has 1 unspecified atom stereocenters. The Labute approximate surface area is 74.0 Å². The number of hydrogen-bond acceptors (Lipinski definition) is 3. The van der Waals surface area contributed by atoms with E-state index < -0.39 is 0 Å². The van der Waals surface area contributed by atoms with Gasteiger partial charge in [0.25, 0.3) is 0 Å². The van der Waals surface area contributed by atoms with Crippen LogP contribution in [0.3, 0.4) is 0 Å². The third-order valence-electron chi connectivity index (χ3n) is 1.27. The molecule has 0 amide bonds. The lowest BCUT2D eigenvalue weighted by Gasteiger charge is -2.15. The molecule has 0 N–H and O–H groups in total. The van der Waals surface area contributed by atoms with Crippen LogP contribution in [0.25, 0.3) is 0 Å². The maximum atomic E-state index is 10.7. The van der Waals surface area contributed by atoms with Crippen LogP contribution < -0.4 is 0 Å². The summed E-state index contributed by atoms with van der Waals surface area (Å²) in [5, 5.41) is 0. The fourth-order valence-electron chi connectivity index (χ4n) is 0.816. The van der Waals surface area contributed by atoms with E-state index in [4.69, 9.17) is 9.47 Å². The summed E-state index contributed by atoms with van der Waals surface area (Å²) < 4.78 is 10.3. The lowest BCUT2D eigenvalue weighted by Crippen LogP contribution is -2.21. The van der Waals surface area contributed by atoms with Gasteiger partial charge < -0.3 is 9.47 Å². The van der Waals surface area contributed by atoms with Crippen LogP contribution in [0, 0.1) is 0 Å². The van der Waals surface area contributed by atoms with Gasteiger partial charge >= 0.3 is 5.97 Å². The standard InChI is InChI=1S/C9H18O3/c1-5-9(10)11-6-8(4)12-7(2)3/h7-8H,5-6H2,1-4H3. The van der Waals surface area contributed by atoms with E-state index in [0.717, 1.165) is 0 Å². The van der Waals surface area contributed by atoms with Crippen LogP contribution in [-0.2, 0) is 14.3 Å². The molecule has 0 aromatic heterocycles. The van der Waals surface area contributed by atoms with Gasteiger partial charge in [0.2, 0.25) is 0 Å². The minimum Gasteiger partial charge on any atom is -0.463 e. The van der Waals surface area contributed by atoms with E-state index in [2.05, 4.69) is 0 Å². The van der Waals surface area contributed by atoms with Crippen molar-refractivity contribution in [3.63, 3.8) is 0 Å². The summed E-state index contributed by atoms with van der Waals surface area (Å²) in [6.07, 6.45) is 0.592. The molecule has 0 aliphatic heterocycles. The summed E-state index contributed by atoms with van der Waals surface area (Å²) in [7, 11) is 0. The van der Waals surface area contributed by atoms with Gasteiger partial charge in [0.1, 0.15) is 6.61 Å². The van der Waals surface area contributed by atoms with Crippen LogP contribution in [0.5, 0.6) is 0 Å². The summed E-state index contributed by atoms with van der Waals surface area (Å²) in [6.45, 7) is 7.93. The fourth-order valence-corrected chi connectivity index (χ4v) is 0.816. The van der Waals surface area contributed by atoms with Crippen molar-refractivity contribution in [3.8, 4) is 0 Å². The Hall–Kier alpha value is -0.570. The van der Waals surface area contributed by atoms with Crippen LogP contribution in [0.15, 0.2) is 0 Å². The third-order valence-corrected chi connectivity index (χ3v) is 1.27. The summed E-state index contributed by atoms with van der Waals surface area (Å²) >= 11 is 0. The van der Waals surface area contributed by atoms with Crippen molar-refractivity contribution in [2.45, 2.75) is 46.3 Å². The Morgan fingerprint density at radius 2 is 1.92 bits per heavy atom. The lowest BCUT2D eigenvalue weighted by molar-refractivity contribution is -0.148. The van der Waals surface area contributed by atoms with Gasteiger partial charge in [-0.3, -0.25) is 4.79 Å². The van der Waals surface area contributed by atoms with Gasteiger partial charge in [-0.25, -0.2) is 0 Å². The number of rotatable bonds is 5. The van der Waals surface area contributed by atoms with Crippen molar-refractivity contribution < 1.29 is 14.3 Å². The first-order valence-corrected chi connectivity index (χ1v) is 4.37. The quantitative estimate of drug-likeness (QED) is 0.596. The SMILES string of the molecule is CCC(=O)OCC(C)OC(C)C. The molecule has 0 saturated heterocycles. The van der Waals surface area contributed by atoms with Gasteiger partial charge in [-0.15, -0.1) is 0 Å². The number of carbonyl (C=O) groups excluding carboxylic acids is 1. The molecular formula is C9H18O3. The van der Waals surface area contributed by atoms with E-state index in [0.29, 0.717) is 13.0 Å². The molecule has 0 saturated carbocycles. The van der Waals surface area contributed by atoms with E-state index in [1.165, 1.54) is 0 Å². The highest BCUT2D eigenvalue weighted by Crippen LogP contribution is 1.98. The normalized spacial score (nSPS) is 13.1. The zero-order valence-electron chi connectivity index (χ0n) is 8.29. The van der Waals surface area contributed by atoms with Gasteiger partial charge in [-0.1, -0.05) is 6.92 Å². The second-order valence-corrected chi connectivity index (χ2v) is 3.03. The van der Waals surface area contributed by atoms with E-state index in [1.807, 2.05) is 20.8 Å². The van der Waals surface area contributed by atoms with Crippen molar-refractivity contribution >= 4 is 5.97 Å². The maximum absolute atomic E-state index is 10.7. The van der Waals surface area contributed by atoms with Crippen LogP contribution in [0.1, 0.15) is 34.1 Å². The largest absolute Gasteiger partial charge is 0.463 e. The monoisotopic (exact) mass is 174 g/mol. The van der Waals surface area contributed by atoms with Crippen molar-refractivity contribution in [1.29, 1.82) is 0 Å². The third kappa shape index (κ3) is 6.16. The average molecular weight is 174 g/mol. The molecule has 0 fully saturated rings. The minimum absolute atomic E-state index is 0.0134. The number of carbonyl (C=O) groups is 1. The van der Waals surface area contributed by atoms with Crippen molar-refractivity contribution in [1.82, 2.24) is 0 Å². The van der Waals surface area contributed by atoms with E-state index >= 15 is 0 Å². The van der Waals surface area contributed by atoms with E-state index in [-0.39, 0.29) is 18.2 Å². The zero-order valence-corrected chi connectivity index (χ0v) is 8.29. The van der Waals surface area contributed by atoms with Crippen LogP contribution in [0.2, 0.25) is 0 Å². The molecule has 12 heavy (non-hydrogen) atoms. The molecule has 0 radical (unpaired) electrons. The molecule has 0 bridgehead atoms. The molecule has 0 aromatic rings. The Balaban J connectivity index is 3.43. The highest BCUT2D eigenvalue weighted by Gasteiger charge is 2.07. The second-order valence-electron chi connectivity index (χ2n) is 3.03. The smallest absolute Gasteiger partial charge is 0.305 e. The predicted molar refractivity (Wildman–Crippen MR) is 46.9 cm³/mol. The fraction of sp³-hybridized carbons (Fsp3) is 0.889. The predicted octanol–water partition coefficient (Wildman–Crippen LogP) is 1.75. The molecular weight excluding hydrogens is 156 g/mol. The highest BCUT2D eigenvalue weighted by atomic mass is 16.6. The lowest BCUT2D eigenvalue weighted by atomic mass is 10.4. The number of esters is 1. The molecule has 3 nitrogen and oxygen atoms in total. The minimum atomic E-state index is -0.172. The summed E-state index contributed by atoms with van der Waals surface area (Å²) in [5.74, 6) is -0.172. The van der Waals surface area contributed by atoms with Crippen LogP contribution >= 0.6 is 0 Å². The van der Waals surface area contributed by atoms with Crippen molar-refractivity contribution in [3.05, 3.63) is 0 Å². The number of hydrogen-bond donors (Lipinski definition) is 0. The highest BCUT2D eigenvalue weighted by molar-refractivity contribution is 5.68. The van der Waals surface area contributed by atoms with Gasteiger partial charge in [0.05, 0.1) is 12.2 Å². The van der Waals surface area contributed by atoms with Crippen molar-refractivity contribution in [2.24, 2.45) is 0 Å². The summed E-state index contributed by atoms with van der Waals surface area (Å²) in [5.41, 5.74) is 0. The second kappa shape index (κ2) is 6.00. The molecule has 0 aromatic carbocycles. The molecule has 0 spiro atoms.